The van der Waals surface area contributed by atoms with Gasteiger partial charge >= 0.3 is 0 Å². The third-order valence-electron chi connectivity index (χ3n) is 5.42. The highest BCUT2D eigenvalue weighted by Crippen LogP contribution is 2.20. The lowest BCUT2D eigenvalue weighted by Crippen LogP contribution is -2.32. The van der Waals surface area contributed by atoms with Crippen LogP contribution in [-0.4, -0.2) is 23.9 Å². The maximum absolute atomic E-state index is 13.0. The maximum Gasteiger partial charge on any atom is 0.223 e. The number of amides is 1. The first kappa shape index (κ1) is 21.5. The van der Waals surface area contributed by atoms with Crippen LogP contribution >= 0.6 is 12.4 Å². The van der Waals surface area contributed by atoms with Crippen LogP contribution in [0.1, 0.15) is 42.4 Å². The third kappa shape index (κ3) is 6.67. The Kier molecular flexibility index (Phi) is 8.83. The molecule has 0 radical (unpaired) electrons. The van der Waals surface area contributed by atoms with Crippen molar-refractivity contribution in [3.63, 3.8) is 0 Å². The molecule has 1 N–H and O–H groups in total. The van der Waals surface area contributed by atoms with Crippen LogP contribution in [0.5, 0.6) is 0 Å². The monoisotopic (exact) mass is 386 g/mol. The molecule has 1 heterocycles. The second-order valence-electron chi connectivity index (χ2n) is 7.39. The van der Waals surface area contributed by atoms with Gasteiger partial charge in [-0.1, -0.05) is 54.6 Å². The molecule has 27 heavy (non-hydrogen) atoms. The summed E-state index contributed by atoms with van der Waals surface area (Å²) in [5.74, 6) is 0.966. The molecule has 0 spiro atoms. The fraction of sp³-hybridized carbons (Fsp3) is 0.435. The highest BCUT2D eigenvalue weighted by molar-refractivity contribution is 5.85. The first-order valence-corrected chi connectivity index (χ1v) is 9.79. The number of halogens is 1. The SMILES string of the molecule is Cc1ccccc1CN(Cc1ccccc1)C(=O)CCC1CCNCC1.Cl. The van der Waals surface area contributed by atoms with E-state index in [2.05, 4.69) is 48.6 Å². The quantitative estimate of drug-likeness (QED) is 0.746. The van der Waals surface area contributed by atoms with Crippen molar-refractivity contribution in [1.82, 2.24) is 10.2 Å². The van der Waals surface area contributed by atoms with Crippen molar-refractivity contribution >= 4 is 18.3 Å². The number of rotatable bonds is 7. The van der Waals surface area contributed by atoms with Crippen LogP contribution in [0.2, 0.25) is 0 Å². The smallest absolute Gasteiger partial charge is 0.223 e. The highest BCUT2D eigenvalue weighted by Gasteiger charge is 2.19. The first-order valence-electron chi connectivity index (χ1n) is 9.79. The molecule has 4 heteroatoms. The summed E-state index contributed by atoms with van der Waals surface area (Å²) >= 11 is 0. The van der Waals surface area contributed by atoms with Gasteiger partial charge in [0, 0.05) is 19.5 Å². The lowest BCUT2D eigenvalue weighted by molar-refractivity contribution is -0.132. The van der Waals surface area contributed by atoms with Crippen molar-refractivity contribution in [1.29, 1.82) is 0 Å². The van der Waals surface area contributed by atoms with Gasteiger partial charge in [0.05, 0.1) is 0 Å². The van der Waals surface area contributed by atoms with Gasteiger partial charge in [0.1, 0.15) is 0 Å². The van der Waals surface area contributed by atoms with E-state index in [-0.39, 0.29) is 18.3 Å². The van der Waals surface area contributed by atoms with E-state index in [0.717, 1.165) is 19.5 Å². The van der Waals surface area contributed by atoms with E-state index < -0.39 is 0 Å². The van der Waals surface area contributed by atoms with Crippen LogP contribution in [0.3, 0.4) is 0 Å². The van der Waals surface area contributed by atoms with Gasteiger partial charge in [0.25, 0.3) is 0 Å². The number of hydrogen-bond donors (Lipinski definition) is 1. The molecule has 0 aliphatic carbocycles. The molecule has 0 atom stereocenters. The molecule has 0 aromatic heterocycles. The Morgan fingerprint density at radius 3 is 2.37 bits per heavy atom. The van der Waals surface area contributed by atoms with Gasteiger partial charge in [0.2, 0.25) is 5.91 Å². The zero-order chi connectivity index (χ0) is 18.2. The predicted molar refractivity (Wildman–Crippen MR) is 114 cm³/mol. The first-order chi connectivity index (χ1) is 12.7. The summed E-state index contributed by atoms with van der Waals surface area (Å²) in [7, 11) is 0. The fourth-order valence-corrected chi connectivity index (χ4v) is 3.69. The largest absolute Gasteiger partial charge is 0.334 e. The van der Waals surface area contributed by atoms with Crippen LogP contribution in [0.15, 0.2) is 54.6 Å². The molecule has 0 unspecified atom stereocenters. The Balaban J connectivity index is 0.00000261. The summed E-state index contributed by atoms with van der Waals surface area (Å²) in [5, 5.41) is 3.40. The second kappa shape index (κ2) is 11.1. The van der Waals surface area contributed by atoms with Crippen molar-refractivity contribution < 1.29 is 4.79 Å². The van der Waals surface area contributed by atoms with E-state index in [1.165, 1.54) is 29.5 Å². The second-order valence-corrected chi connectivity index (χ2v) is 7.39. The third-order valence-corrected chi connectivity index (χ3v) is 5.42. The van der Waals surface area contributed by atoms with E-state index in [0.29, 0.717) is 25.4 Å². The molecule has 3 rings (SSSR count). The summed E-state index contributed by atoms with van der Waals surface area (Å²) in [4.78, 5) is 15.0. The Morgan fingerprint density at radius 1 is 1.00 bits per heavy atom. The van der Waals surface area contributed by atoms with Gasteiger partial charge < -0.3 is 10.2 Å². The summed E-state index contributed by atoms with van der Waals surface area (Å²) in [6.07, 6.45) is 4.07. The molecule has 2 aromatic rings. The zero-order valence-corrected chi connectivity index (χ0v) is 17.0. The van der Waals surface area contributed by atoms with Crippen LogP contribution in [0, 0.1) is 12.8 Å². The van der Waals surface area contributed by atoms with Gasteiger partial charge in [-0.2, -0.15) is 0 Å². The Hall–Kier alpha value is -1.84. The molecule has 1 fully saturated rings. The van der Waals surface area contributed by atoms with Crippen LogP contribution < -0.4 is 5.32 Å². The van der Waals surface area contributed by atoms with Crippen LogP contribution in [0.25, 0.3) is 0 Å². The van der Waals surface area contributed by atoms with Crippen LogP contribution in [-0.2, 0) is 17.9 Å². The maximum atomic E-state index is 13.0. The Morgan fingerprint density at radius 2 is 1.67 bits per heavy atom. The lowest BCUT2D eigenvalue weighted by atomic mass is 9.93. The van der Waals surface area contributed by atoms with E-state index in [4.69, 9.17) is 0 Å². The minimum Gasteiger partial charge on any atom is -0.334 e. The highest BCUT2D eigenvalue weighted by atomic mass is 35.5. The fourth-order valence-electron chi connectivity index (χ4n) is 3.69. The minimum absolute atomic E-state index is 0. The van der Waals surface area contributed by atoms with Crippen LogP contribution in [0.4, 0.5) is 0 Å². The van der Waals surface area contributed by atoms with Crippen molar-refractivity contribution in [2.24, 2.45) is 5.92 Å². The normalized spacial score (nSPS) is 14.4. The van der Waals surface area contributed by atoms with Crippen molar-refractivity contribution in [2.75, 3.05) is 13.1 Å². The van der Waals surface area contributed by atoms with Gasteiger partial charge in [-0.3, -0.25) is 4.79 Å². The van der Waals surface area contributed by atoms with Gasteiger partial charge in [-0.05, 0) is 61.9 Å². The molecule has 3 nitrogen and oxygen atoms in total. The zero-order valence-electron chi connectivity index (χ0n) is 16.2. The van der Waals surface area contributed by atoms with Gasteiger partial charge in [-0.15, -0.1) is 12.4 Å². The topological polar surface area (TPSA) is 32.3 Å². The van der Waals surface area contributed by atoms with Crippen molar-refractivity contribution in [2.45, 2.75) is 45.7 Å². The van der Waals surface area contributed by atoms with Gasteiger partial charge in [-0.25, -0.2) is 0 Å². The number of nitrogens with zero attached hydrogens (tertiary/aromatic N) is 1. The molecule has 146 valence electrons. The molecule has 1 saturated heterocycles. The van der Waals surface area contributed by atoms with E-state index in [1.807, 2.05) is 23.1 Å². The average molecular weight is 387 g/mol. The van der Waals surface area contributed by atoms with Gasteiger partial charge in [0.15, 0.2) is 0 Å². The van der Waals surface area contributed by atoms with E-state index in [1.54, 1.807) is 0 Å². The van der Waals surface area contributed by atoms with Crippen molar-refractivity contribution in [3.8, 4) is 0 Å². The summed E-state index contributed by atoms with van der Waals surface area (Å²) in [5.41, 5.74) is 3.67. The number of piperidine rings is 1. The number of aryl methyl sites for hydroxylation is 1. The predicted octanol–water partition coefficient (Wildman–Crippen LogP) is 4.73. The molecule has 1 amide bonds. The molecule has 2 aromatic carbocycles. The lowest BCUT2D eigenvalue weighted by Gasteiger charge is -2.26. The number of benzene rings is 2. The van der Waals surface area contributed by atoms with E-state index in [9.17, 15) is 4.79 Å². The number of carbonyl (C=O) groups excluding carboxylic acids is 1. The Labute approximate surface area is 169 Å². The average Bonchev–Trinajstić information content (AvgIpc) is 2.69. The molecular weight excluding hydrogens is 356 g/mol. The molecule has 1 aliphatic heterocycles. The molecule has 0 bridgehead atoms. The number of hydrogen-bond acceptors (Lipinski definition) is 2. The molecule has 1 aliphatic rings. The molecule has 0 saturated carbocycles. The molecular formula is C23H31ClN2O. The van der Waals surface area contributed by atoms with E-state index >= 15 is 0 Å². The summed E-state index contributed by atoms with van der Waals surface area (Å²) in [6.45, 7) is 5.67. The summed E-state index contributed by atoms with van der Waals surface area (Å²) in [6, 6.07) is 18.7. The number of carbonyl (C=O) groups is 1. The Bertz CT molecular complexity index is 699. The standard InChI is InChI=1S/C23H30N2O.ClH/c1-19-7-5-6-10-22(19)18-25(17-21-8-3-2-4-9-21)23(26)12-11-20-13-15-24-16-14-20;/h2-10,20,24H,11-18H2,1H3;1H. The minimum atomic E-state index is 0. The van der Waals surface area contributed by atoms with Crippen molar-refractivity contribution in [3.05, 3.63) is 71.3 Å². The summed E-state index contributed by atoms with van der Waals surface area (Å²) < 4.78 is 0. The number of nitrogens with one attached hydrogen (secondary N) is 1.